The average Bonchev–Trinajstić information content (AvgIpc) is 2.55. The highest BCUT2D eigenvalue weighted by Crippen LogP contribution is 2.28. The molecule has 4 heteroatoms. The molecule has 2 aromatic heterocycles. The van der Waals surface area contributed by atoms with Gasteiger partial charge in [-0.15, -0.1) is 0 Å². The van der Waals surface area contributed by atoms with Crippen molar-refractivity contribution in [3.8, 4) is 11.3 Å². The van der Waals surface area contributed by atoms with Crippen molar-refractivity contribution in [2.75, 3.05) is 0 Å². The van der Waals surface area contributed by atoms with E-state index in [0.29, 0.717) is 10.9 Å². The number of H-pyrrole nitrogens is 1. The minimum absolute atomic E-state index is 0.143. The normalized spacial score (nSPS) is 11.0. The van der Waals surface area contributed by atoms with E-state index in [0.717, 1.165) is 22.2 Å². The molecular weight excluding hydrogens is 262 g/mol. The summed E-state index contributed by atoms with van der Waals surface area (Å²) in [5.41, 5.74) is 2.96. The number of pyridine rings is 1. The molecule has 0 aliphatic heterocycles. The van der Waals surface area contributed by atoms with Gasteiger partial charge in [-0.2, -0.15) is 0 Å². The number of benzene rings is 2. The van der Waals surface area contributed by atoms with E-state index in [-0.39, 0.29) is 5.56 Å². The molecule has 0 amide bonds. The lowest BCUT2D eigenvalue weighted by atomic mass is 10.0. The number of fused-ring (bicyclic) bond motifs is 3. The van der Waals surface area contributed by atoms with Crippen LogP contribution in [0.4, 0.5) is 0 Å². The first-order valence-corrected chi connectivity index (χ1v) is 6.66. The van der Waals surface area contributed by atoms with Crippen LogP contribution in [0.3, 0.4) is 0 Å². The van der Waals surface area contributed by atoms with Crippen LogP contribution in [-0.4, -0.2) is 15.0 Å². The van der Waals surface area contributed by atoms with Gasteiger partial charge in [0.05, 0.1) is 22.9 Å². The molecule has 0 radical (unpaired) electrons. The zero-order chi connectivity index (χ0) is 14.2. The lowest BCUT2D eigenvalue weighted by molar-refractivity contribution is 1.17. The Labute approximate surface area is 120 Å². The van der Waals surface area contributed by atoms with E-state index in [1.54, 1.807) is 0 Å². The van der Waals surface area contributed by atoms with Gasteiger partial charge in [0.1, 0.15) is 5.52 Å². The van der Waals surface area contributed by atoms with Crippen LogP contribution in [0.2, 0.25) is 0 Å². The molecule has 0 atom stereocenters. The fourth-order valence-electron chi connectivity index (χ4n) is 2.58. The van der Waals surface area contributed by atoms with Gasteiger partial charge < -0.3 is 4.98 Å². The minimum Gasteiger partial charge on any atom is -0.313 e. The summed E-state index contributed by atoms with van der Waals surface area (Å²) in [6.45, 7) is 0. The molecule has 0 bridgehead atoms. The van der Waals surface area contributed by atoms with Crippen LogP contribution < -0.4 is 5.56 Å². The Kier molecular flexibility index (Phi) is 2.54. The van der Waals surface area contributed by atoms with E-state index >= 15 is 0 Å². The van der Waals surface area contributed by atoms with Gasteiger partial charge in [0.15, 0.2) is 0 Å². The minimum atomic E-state index is -0.143. The molecule has 4 rings (SSSR count). The zero-order valence-electron chi connectivity index (χ0n) is 11.1. The Morgan fingerprint density at radius 2 is 1.67 bits per heavy atom. The van der Waals surface area contributed by atoms with E-state index < -0.39 is 0 Å². The molecule has 0 aliphatic carbocycles. The largest absolute Gasteiger partial charge is 0.313 e. The third kappa shape index (κ3) is 1.80. The van der Waals surface area contributed by atoms with Gasteiger partial charge in [-0.1, -0.05) is 48.5 Å². The fraction of sp³-hybridized carbons (Fsp3) is 0. The van der Waals surface area contributed by atoms with Crippen LogP contribution in [0.1, 0.15) is 0 Å². The van der Waals surface area contributed by atoms with Crippen molar-refractivity contribution in [2.24, 2.45) is 0 Å². The second-order valence-corrected chi connectivity index (χ2v) is 4.80. The van der Waals surface area contributed by atoms with Crippen molar-refractivity contribution in [1.82, 2.24) is 15.0 Å². The Bertz CT molecular complexity index is 1010. The zero-order valence-corrected chi connectivity index (χ0v) is 11.1. The van der Waals surface area contributed by atoms with Gasteiger partial charge in [-0.25, -0.2) is 9.97 Å². The Morgan fingerprint density at radius 3 is 2.52 bits per heavy atom. The molecule has 0 saturated heterocycles. The van der Waals surface area contributed by atoms with Crippen molar-refractivity contribution in [2.45, 2.75) is 0 Å². The van der Waals surface area contributed by atoms with Gasteiger partial charge in [-0.05, 0) is 6.07 Å². The van der Waals surface area contributed by atoms with E-state index in [1.807, 2.05) is 54.6 Å². The molecule has 0 aliphatic rings. The number of rotatable bonds is 1. The topological polar surface area (TPSA) is 58.6 Å². The summed E-state index contributed by atoms with van der Waals surface area (Å²) in [6.07, 6.45) is 1.42. The molecule has 2 heterocycles. The summed E-state index contributed by atoms with van der Waals surface area (Å²) in [6, 6.07) is 17.4. The Morgan fingerprint density at radius 1 is 0.905 bits per heavy atom. The third-order valence-corrected chi connectivity index (χ3v) is 3.53. The summed E-state index contributed by atoms with van der Waals surface area (Å²) in [4.78, 5) is 24.0. The molecular formula is C17H11N3O. The number of aromatic nitrogens is 3. The maximum absolute atomic E-state index is 12.3. The molecule has 1 N–H and O–H groups in total. The highest BCUT2D eigenvalue weighted by molar-refractivity contribution is 6.08. The van der Waals surface area contributed by atoms with Gasteiger partial charge in [0.2, 0.25) is 0 Å². The number of nitrogens with zero attached hydrogens (tertiary/aromatic N) is 2. The second kappa shape index (κ2) is 4.52. The summed E-state index contributed by atoms with van der Waals surface area (Å²) >= 11 is 0. The summed E-state index contributed by atoms with van der Waals surface area (Å²) in [5.74, 6) is 0. The van der Waals surface area contributed by atoms with Crippen LogP contribution in [-0.2, 0) is 0 Å². The average molecular weight is 273 g/mol. The molecule has 4 nitrogen and oxygen atoms in total. The second-order valence-electron chi connectivity index (χ2n) is 4.80. The summed E-state index contributed by atoms with van der Waals surface area (Å²) < 4.78 is 0. The van der Waals surface area contributed by atoms with Crippen LogP contribution in [0.15, 0.2) is 65.7 Å². The molecule has 0 unspecified atom stereocenters. The van der Waals surface area contributed by atoms with Gasteiger partial charge >= 0.3 is 0 Å². The predicted molar refractivity (Wildman–Crippen MR) is 83.1 cm³/mol. The standard InChI is InChI=1S/C17H11N3O/c21-17-14-12-8-4-5-9-13(12)20-15(16(14)18-10-19-17)11-6-2-1-3-7-11/h1-10H,(H,18,19,21). The maximum atomic E-state index is 12.3. The quantitative estimate of drug-likeness (QED) is 0.542. The lowest BCUT2D eigenvalue weighted by Crippen LogP contribution is -2.08. The molecule has 0 saturated carbocycles. The summed E-state index contributed by atoms with van der Waals surface area (Å²) in [7, 11) is 0. The third-order valence-electron chi connectivity index (χ3n) is 3.53. The van der Waals surface area contributed by atoms with Gasteiger partial charge in [0, 0.05) is 10.9 Å². The highest BCUT2D eigenvalue weighted by Gasteiger charge is 2.13. The van der Waals surface area contributed by atoms with Crippen molar-refractivity contribution in [1.29, 1.82) is 0 Å². The van der Waals surface area contributed by atoms with Crippen LogP contribution in [0.5, 0.6) is 0 Å². The monoisotopic (exact) mass is 273 g/mol. The van der Waals surface area contributed by atoms with E-state index in [4.69, 9.17) is 4.98 Å². The molecule has 4 aromatic rings. The smallest absolute Gasteiger partial charge is 0.259 e. The summed E-state index contributed by atoms with van der Waals surface area (Å²) in [5, 5.41) is 1.41. The van der Waals surface area contributed by atoms with E-state index in [9.17, 15) is 4.79 Å². The van der Waals surface area contributed by atoms with Gasteiger partial charge in [0.25, 0.3) is 5.56 Å². The first kappa shape index (κ1) is 11.8. The number of aromatic amines is 1. The van der Waals surface area contributed by atoms with Crippen LogP contribution in [0, 0.1) is 0 Å². The molecule has 21 heavy (non-hydrogen) atoms. The van der Waals surface area contributed by atoms with Crippen LogP contribution in [0.25, 0.3) is 33.1 Å². The number of hydrogen-bond donors (Lipinski definition) is 1. The lowest BCUT2D eigenvalue weighted by Gasteiger charge is -2.08. The molecule has 2 aromatic carbocycles. The van der Waals surface area contributed by atoms with Crippen molar-refractivity contribution < 1.29 is 0 Å². The van der Waals surface area contributed by atoms with Crippen molar-refractivity contribution >= 4 is 21.8 Å². The number of hydrogen-bond acceptors (Lipinski definition) is 3. The highest BCUT2D eigenvalue weighted by atomic mass is 16.1. The number of para-hydroxylation sites is 1. The first-order valence-electron chi connectivity index (χ1n) is 6.66. The van der Waals surface area contributed by atoms with Crippen molar-refractivity contribution in [3.63, 3.8) is 0 Å². The molecule has 100 valence electrons. The van der Waals surface area contributed by atoms with Crippen LogP contribution >= 0.6 is 0 Å². The van der Waals surface area contributed by atoms with Crippen molar-refractivity contribution in [3.05, 3.63) is 71.3 Å². The van der Waals surface area contributed by atoms with E-state index in [1.165, 1.54) is 6.33 Å². The first-order chi connectivity index (χ1) is 10.3. The van der Waals surface area contributed by atoms with E-state index in [2.05, 4.69) is 9.97 Å². The Balaban J connectivity index is 2.25. The fourth-order valence-corrected chi connectivity index (χ4v) is 2.58. The SMILES string of the molecule is O=c1[nH]cnc2c(-c3ccccc3)nc3ccccc3c12. The molecule has 0 fully saturated rings. The van der Waals surface area contributed by atoms with Gasteiger partial charge in [-0.3, -0.25) is 4.79 Å². The predicted octanol–water partition coefficient (Wildman–Crippen LogP) is 3.14. The number of nitrogens with one attached hydrogen (secondary N) is 1. The Hall–Kier alpha value is -3.01. The molecule has 0 spiro atoms. The maximum Gasteiger partial charge on any atom is 0.259 e.